The van der Waals surface area contributed by atoms with Crippen molar-refractivity contribution in [3.05, 3.63) is 55.6 Å². The summed E-state index contributed by atoms with van der Waals surface area (Å²) in [6, 6.07) is 1.45. The number of hydrogen-bond acceptors (Lipinski definition) is 11. The highest BCUT2D eigenvalue weighted by molar-refractivity contribution is 7.44. The number of halogens is 1. The van der Waals surface area contributed by atoms with Gasteiger partial charge in [-0.05, 0) is 25.3 Å². The number of H-pyrrole nitrogens is 1. The summed E-state index contributed by atoms with van der Waals surface area (Å²) in [7, 11) is -5.39. The second kappa shape index (κ2) is 20.4. The Bertz CT molecular complexity index is 1660. The van der Waals surface area contributed by atoms with E-state index in [0.29, 0.717) is 12.6 Å². The minimum absolute atomic E-state index is 0.0816. The van der Waals surface area contributed by atoms with Crippen molar-refractivity contribution < 1.29 is 42.6 Å². The first-order chi connectivity index (χ1) is 24.9. The van der Waals surface area contributed by atoms with Gasteiger partial charge < -0.3 is 34.2 Å². The standard InChI is InChI=1S/C34H53FN5O11P/c1-2-3-4-5-6-7-8-9-10-11-12-13-14-15-28(42)36-27-18-19-39(33(44)37-27)29-17-16-25(49-29)31(51-52(46,47)48)23-20-30(50-26(23)22-41)40-21-24(35)32(43)38-34(40)45/h18-19,21,23,25-26,29-31,41H,2-17,20,22H2,1H3,(H,38,43,45)(H2,46,47,48)(H,36,37,42,44)/p-1. The van der Waals surface area contributed by atoms with Crippen LogP contribution >= 0.6 is 7.82 Å². The van der Waals surface area contributed by atoms with Crippen molar-refractivity contribution in [1.29, 1.82) is 0 Å². The van der Waals surface area contributed by atoms with E-state index in [4.69, 9.17) is 14.0 Å². The number of rotatable bonds is 22. The number of hydrogen-bond donors (Lipinski definition) is 4. The monoisotopic (exact) mass is 756 g/mol. The van der Waals surface area contributed by atoms with E-state index >= 15 is 0 Å². The molecule has 0 bridgehead atoms. The molecular weight excluding hydrogens is 704 g/mol. The van der Waals surface area contributed by atoms with Crippen LogP contribution in [0.5, 0.6) is 0 Å². The summed E-state index contributed by atoms with van der Waals surface area (Å²) < 4.78 is 44.6. The quantitative estimate of drug-likeness (QED) is 0.0995. The second-order valence-corrected chi connectivity index (χ2v) is 14.8. The maximum atomic E-state index is 14.0. The molecule has 0 radical (unpaired) electrons. The smallest absolute Gasteiger partial charge is 0.351 e. The number of carbonyl (C=O) groups is 1. The Morgan fingerprint density at radius 3 is 2.27 bits per heavy atom. The van der Waals surface area contributed by atoms with Gasteiger partial charge in [0.2, 0.25) is 11.7 Å². The van der Waals surface area contributed by atoms with Gasteiger partial charge in [-0.15, -0.1) is 0 Å². The molecule has 2 fully saturated rings. The van der Waals surface area contributed by atoms with Crippen molar-refractivity contribution in [3.8, 4) is 0 Å². The molecule has 4 N–H and O–H groups in total. The maximum absolute atomic E-state index is 14.0. The SMILES string of the molecule is CCCCCCCCCCCCCCCC(=O)Nc1ccn(C2CCC(C(OP(=O)([O-])O)C3CC(n4cc(F)c(=O)[nH]c4=O)OC3CO)O2)c(=O)n1. The molecule has 292 valence electrons. The third-order valence-corrected chi connectivity index (χ3v) is 10.2. The lowest BCUT2D eigenvalue weighted by atomic mass is 9.90. The average Bonchev–Trinajstić information content (AvgIpc) is 3.75. The normalized spacial score (nSPS) is 23.4. The lowest BCUT2D eigenvalue weighted by molar-refractivity contribution is -0.232. The van der Waals surface area contributed by atoms with E-state index in [9.17, 15) is 43.0 Å². The largest absolute Gasteiger partial charge is 0.756 e. The summed E-state index contributed by atoms with van der Waals surface area (Å²) in [5.74, 6) is -2.44. The first-order valence-corrected chi connectivity index (χ1v) is 19.9. The van der Waals surface area contributed by atoms with Crippen LogP contribution in [-0.2, 0) is 23.4 Å². The number of phosphoric ester groups is 1. The molecule has 0 aromatic carbocycles. The zero-order valence-corrected chi connectivity index (χ0v) is 30.6. The molecule has 1 amide bonds. The van der Waals surface area contributed by atoms with Gasteiger partial charge in [-0.1, -0.05) is 84.0 Å². The topological polar surface area (TPSA) is 227 Å². The number of unbranched alkanes of at least 4 members (excludes halogenated alkanes) is 12. The Hall–Kier alpha value is -3.05. The number of aliphatic hydroxyl groups is 1. The van der Waals surface area contributed by atoms with Crippen LogP contribution in [0.2, 0.25) is 0 Å². The van der Waals surface area contributed by atoms with Crippen molar-refractivity contribution in [2.75, 3.05) is 11.9 Å². The Labute approximate surface area is 301 Å². The average molecular weight is 757 g/mol. The zero-order valence-electron chi connectivity index (χ0n) is 29.7. The van der Waals surface area contributed by atoms with E-state index in [1.165, 1.54) is 74.6 Å². The molecule has 0 spiro atoms. The molecule has 4 heterocycles. The van der Waals surface area contributed by atoms with Crippen molar-refractivity contribution >= 4 is 19.5 Å². The van der Waals surface area contributed by atoms with Crippen molar-refractivity contribution in [1.82, 2.24) is 19.1 Å². The van der Waals surface area contributed by atoms with E-state index in [1.807, 2.05) is 0 Å². The molecule has 0 saturated carbocycles. The first kappa shape index (κ1) is 41.7. The fourth-order valence-corrected chi connectivity index (χ4v) is 7.60. The Morgan fingerprint density at radius 1 is 1.04 bits per heavy atom. The van der Waals surface area contributed by atoms with Crippen LogP contribution < -0.4 is 27.1 Å². The summed E-state index contributed by atoms with van der Waals surface area (Å²) in [6.07, 6.45) is 12.3. The molecule has 2 saturated heterocycles. The van der Waals surface area contributed by atoms with Gasteiger partial charge in [0, 0.05) is 25.0 Å². The summed E-state index contributed by atoms with van der Waals surface area (Å²) in [5, 5.41) is 12.7. The Morgan fingerprint density at radius 2 is 1.67 bits per heavy atom. The van der Waals surface area contributed by atoms with E-state index in [2.05, 4.69) is 17.2 Å². The minimum Gasteiger partial charge on any atom is -0.756 e. The number of anilines is 1. The van der Waals surface area contributed by atoms with Crippen LogP contribution in [0.4, 0.5) is 10.2 Å². The number of ether oxygens (including phenoxy) is 2. The van der Waals surface area contributed by atoms with Crippen LogP contribution in [0.1, 0.15) is 129 Å². The molecule has 16 nitrogen and oxygen atoms in total. The Balaban J connectivity index is 1.26. The highest BCUT2D eigenvalue weighted by atomic mass is 31.2. The van der Waals surface area contributed by atoms with Crippen LogP contribution in [0.15, 0.2) is 32.8 Å². The van der Waals surface area contributed by atoms with Gasteiger partial charge in [0.05, 0.1) is 31.1 Å². The van der Waals surface area contributed by atoms with Crippen molar-refractivity contribution in [2.45, 2.75) is 147 Å². The lowest BCUT2D eigenvalue weighted by Gasteiger charge is -2.34. The fourth-order valence-electron chi connectivity index (χ4n) is 7.00. The first-order valence-electron chi connectivity index (χ1n) is 18.4. The van der Waals surface area contributed by atoms with Crippen molar-refractivity contribution in [3.63, 3.8) is 0 Å². The summed E-state index contributed by atoms with van der Waals surface area (Å²) in [5.41, 5.74) is -2.96. The number of nitrogens with zero attached hydrogens (tertiary/aromatic N) is 3. The van der Waals surface area contributed by atoms with E-state index in [0.717, 1.165) is 30.3 Å². The molecule has 2 aliphatic rings. The van der Waals surface area contributed by atoms with Gasteiger partial charge in [0.25, 0.3) is 13.4 Å². The van der Waals surface area contributed by atoms with Gasteiger partial charge in [0.1, 0.15) is 18.3 Å². The molecule has 52 heavy (non-hydrogen) atoms. The number of phosphoric acid groups is 1. The molecule has 18 heteroatoms. The number of aromatic amines is 1. The number of carbonyl (C=O) groups excluding carboxylic acids is 1. The molecule has 0 aliphatic carbocycles. The number of aliphatic hydroxyl groups excluding tert-OH is 1. The molecular formula is C34H52FN5O11P-. The van der Waals surface area contributed by atoms with Gasteiger partial charge >= 0.3 is 11.4 Å². The maximum Gasteiger partial charge on any atom is 0.351 e. The highest BCUT2D eigenvalue weighted by Gasteiger charge is 2.48. The number of aromatic nitrogens is 4. The number of amides is 1. The van der Waals surface area contributed by atoms with E-state index in [1.54, 1.807) is 4.98 Å². The predicted molar refractivity (Wildman–Crippen MR) is 186 cm³/mol. The summed E-state index contributed by atoms with van der Waals surface area (Å²) >= 11 is 0. The van der Waals surface area contributed by atoms with Crippen LogP contribution in [-0.4, -0.2) is 59.9 Å². The summed E-state index contributed by atoms with van der Waals surface area (Å²) in [6.45, 7) is 1.56. The molecule has 4 rings (SSSR count). The third kappa shape index (κ3) is 12.5. The zero-order chi connectivity index (χ0) is 37.7. The Kier molecular flexibility index (Phi) is 16.4. The second-order valence-electron chi connectivity index (χ2n) is 13.6. The van der Waals surface area contributed by atoms with Gasteiger partial charge in [-0.25, -0.2) is 9.59 Å². The predicted octanol–water partition coefficient (Wildman–Crippen LogP) is 3.77. The third-order valence-electron chi connectivity index (χ3n) is 9.69. The molecule has 2 aromatic rings. The van der Waals surface area contributed by atoms with Gasteiger partial charge in [-0.3, -0.25) is 28.3 Å². The van der Waals surface area contributed by atoms with Crippen LogP contribution in [0.3, 0.4) is 0 Å². The molecule has 2 aliphatic heterocycles. The minimum atomic E-state index is -5.39. The van der Waals surface area contributed by atoms with Gasteiger partial charge in [0.15, 0.2) is 0 Å². The summed E-state index contributed by atoms with van der Waals surface area (Å²) in [4.78, 5) is 76.6. The molecule has 7 unspecified atom stereocenters. The molecule has 7 atom stereocenters. The van der Waals surface area contributed by atoms with Gasteiger partial charge in [-0.2, -0.15) is 9.37 Å². The molecule has 2 aromatic heterocycles. The van der Waals surface area contributed by atoms with Crippen molar-refractivity contribution in [2.24, 2.45) is 5.92 Å². The van der Waals surface area contributed by atoms with E-state index in [-0.39, 0.29) is 31.0 Å². The van der Waals surface area contributed by atoms with Crippen LogP contribution in [0.25, 0.3) is 0 Å². The number of nitrogens with one attached hydrogen (secondary N) is 2. The lowest BCUT2D eigenvalue weighted by Crippen LogP contribution is -2.41. The highest BCUT2D eigenvalue weighted by Crippen LogP contribution is 2.46. The van der Waals surface area contributed by atoms with E-state index < -0.39 is 73.9 Å². The van der Waals surface area contributed by atoms with Crippen LogP contribution in [0, 0.1) is 11.7 Å². The fraction of sp³-hybridized carbons (Fsp3) is 0.735.